The lowest BCUT2D eigenvalue weighted by Crippen LogP contribution is -2.39. The van der Waals surface area contributed by atoms with Crippen LogP contribution in [0, 0.1) is 13.8 Å². The number of ether oxygens (including phenoxy) is 1. The third-order valence-corrected chi connectivity index (χ3v) is 5.01. The number of aryl methyl sites for hydroxylation is 2. The van der Waals surface area contributed by atoms with Crippen molar-refractivity contribution < 1.29 is 17.9 Å². The molecule has 0 spiro atoms. The minimum Gasteiger partial charge on any atom is -0.368 e. The molecule has 6 nitrogen and oxygen atoms in total. The lowest BCUT2D eigenvalue weighted by atomic mass is 10.2. The third kappa shape index (κ3) is 6.43. The number of benzene rings is 1. The zero-order chi connectivity index (χ0) is 18.2. The van der Waals surface area contributed by atoms with E-state index in [1.165, 1.54) is 0 Å². The maximum atomic E-state index is 12.3. The number of nitrogens with one attached hydrogen (secondary N) is 2. The van der Waals surface area contributed by atoms with Crippen LogP contribution in [0.25, 0.3) is 0 Å². The average molecular weight is 354 g/mol. The molecule has 0 fully saturated rings. The molecule has 0 bridgehead atoms. The SMILES string of the molecule is C=CCCOC(C)C(=O)NCCNS(=O)(=O)c1cc(C)ccc1C. The second-order valence-corrected chi connectivity index (χ2v) is 7.28. The van der Waals surface area contributed by atoms with E-state index < -0.39 is 16.1 Å². The van der Waals surface area contributed by atoms with E-state index in [9.17, 15) is 13.2 Å². The second-order valence-electron chi connectivity index (χ2n) is 5.55. The maximum absolute atomic E-state index is 12.3. The van der Waals surface area contributed by atoms with Crippen LogP contribution in [0.2, 0.25) is 0 Å². The monoisotopic (exact) mass is 354 g/mol. The van der Waals surface area contributed by atoms with E-state index in [1.807, 2.05) is 13.0 Å². The van der Waals surface area contributed by atoms with Crippen molar-refractivity contribution in [3.8, 4) is 0 Å². The average Bonchev–Trinajstić information content (AvgIpc) is 2.53. The highest BCUT2D eigenvalue weighted by atomic mass is 32.2. The van der Waals surface area contributed by atoms with Crippen LogP contribution in [-0.4, -0.2) is 40.1 Å². The minimum absolute atomic E-state index is 0.112. The van der Waals surface area contributed by atoms with E-state index in [4.69, 9.17) is 4.74 Å². The molecule has 0 heterocycles. The summed E-state index contributed by atoms with van der Waals surface area (Å²) in [5.74, 6) is -0.273. The highest BCUT2D eigenvalue weighted by Gasteiger charge is 2.17. The Bertz CT molecular complexity index is 671. The first-order chi connectivity index (χ1) is 11.3. The Kier molecular flexibility index (Phi) is 8.10. The van der Waals surface area contributed by atoms with Gasteiger partial charge in [-0.2, -0.15) is 0 Å². The van der Waals surface area contributed by atoms with E-state index in [2.05, 4.69) is 16.6 Å². The van der Waals surface area contributed by atoms with Crippen molar-refractivity contribution in [2.45, 2.75) is 38.2 Å². The van der Waals surface area contributed by atoms with Crippen LogP contribution in [0.15, 0.2) is 35.7 Å². The molecule has 0 radical (unpaired) electrons. The molecule has 2 N–H and O–H groups in total. The van der Waals surface area contributed by atoms with Crippen LogP contribution in [0.3, 0.4) is 0 Å². The predicted molar refractivity (Wildman–Crippen MR) is 94.3 cm³/mol. The molecule has 1 aromatic rings. The van der Waals surface area contributed by atoms with E-state index in [1.54, 1.807) is 32.1 Å². The molecular formula is C17H26N2O4S. The third-order valence-electron chi connectivity index (χ3n) is 3.41. The summed E-state index contributed by atoms with van der Waals surface area (Å²) in [5, 5.41) is 2.64. The van der Waals surface area contributed by atoms with Gasteiger partial charge in [-0.25, -0.2) is 13.1 Å². The Hall–Kier alpha value is -1.70. The van der Waals surface area contributed by atoms with Gasteiger partial charge in [0, 0.05) is 13.1 Å². The van der Waals surface area contributed by atoms with E-state index in [0.29, 0.717) is 18.6 Å². The molecule has 0 aromatic heterocycles. The summed E-state index contributed by atoms with van der Waals surface area (Å²) >= 11 is 0. The molecule has 7 heteroatoms. The first kappa shape index (κ1) is 20.3. The van der Waals surface area contributed by atoms with Crippen LogP contribution in [-0.2, 0) is 19.6 Å². The molecule has 0 aliphatic rings. The zero-order valence-corrected chi connectivity index (χ0v) is 15.3. The van der Waals surface area contributed by atoms with Gasteiger partial charge < -0.3 is 10.1 Å². The minimum atomic E-state index is -3.59. The molecule has 0 aliphatic heterocycles. The van der Waals surface area contributed by atoms with Gasteiger partial charge in [-0.3, -0.25) is 4.79 Å². The molecule has 1 atom stereocenters. The quantitative estimate of drug-likeness (QED) is 0.494. The van der Waals surface area contributed by atoms with Crippen LogP contribution in [0.1, 0.15) is 24.5 Å². The van der Waals surface area contributed by atoms with Crippen LogP contribution < -0.4 is 10.0 Å². The summed E-state index contributed by atoms with van der Waals surface area (Å²) in [4.78, 5) is 12.1. The lowest BCUT2D eigenvalue weighted by molar-refractivity contribution is -0.131. The van der Waals surface area contributed by atoms with Crippen molar-refractivity contribution in [1.29, 1.82) is 0 Å². The molecule has 0 saturated carbocycles. The Morgan fingerprint density at radius 1 is 1.33 bits per heavy atom. The number of carbonyl (C=O) groups is 1. The largest absolute Gasteiger partial charge is 0.368 e. The van der Waals surface area contributed by atoms with Gasteiger partial charge in [0.15, 0.2) is 0 Å². The highest BCUT2D eigenvalue weighted by Crippen LogP contribution is 2.16. The maximum Gasteiger partial charge on any atom is 0.248 e. The summed E-state index contributed by atoms with van der Waals surface area (Å²) in [6.07, 6.45) is 1.81. The van der Waals surface area contributed by atoms with Crippen molar-refractivity contribution in [3.05, 3.63) is 42.0 Å². The summed E-state index contributed by atoms with van der Waals surface area (Å²) in [6.45, 7) is 9.55. The van der Waals surface area contributed by atoms with Gasteiger partial charge >= 0.3 is 0 Å². The number of rotatable bonds is 10. The van der Waals surface area contributed by atoms with Crippen molar-refractivity contribution in [1.82, 2.24) is 10.0 Å². The van der Waals surface area contributed by atoms with E-state index in [-0.39, 0.29) is 23.9 Å². The van der Waals surface area contributed by atoms with Gasteiger partial charge in [0.2, 0.25) is 15.9 Å². The summed E-state index contributed by atoms with van der Waals surface area (Å²) in [6, 6.07) is 5.27. The Balaban J connectivity index is 2.45. The molecule has 1 unspecified atom stereocenters. The fourth-order valence-corrected chi connectivity index (χ4v) is 3.35. The van der Waals surface area contributed by atoms with E-state index >= 15 is 0 Å². The molecule has 0 saturated heterocycles. The summed E-state index contributed by atoms with van der Waals surface area (Å²) in [5.41, 5.74) is 1.56. The molecular weight excluding hydrogens is 328 g/mol. The second kappa shape index (κ2) is 9.56. The van der Waals surface area contributed by atoms with Gasteiger partial charge in [-0.15, -0.1) is 6.58 Å². The Morgan fingerprint density at radius 2 is 2.04 bits per heavy atom. The van der Waals surface area contributed by atoms with Crippen LogP contribution >= 0.6 is 0 Å². The molecule has 0 aliphatic carbocycles. The molecule has 1 amide bonds. The number of amides is 1. The Labute approximate surface area is 144 Å². The van der Waals surface area contributed by atoms with Crippen LogP contribution in [0.4, 0.5) is 0 Å². The van der Waals surface area contributed by atoms with Crippen molar-refractivity contribution in [2.24, 2.45) is 0 Å². The van der Waals surface area contributed by atoms with Gasteiger partial charge in [0.1, 0.15) is 6.10 Å². The molecule has 1 rings (SSSR count). The van der Waals surface area contributed by atoms with Crippen molar-refractivity contribution >= 4 is 15.9 Å². The smallest absolute Gasteiger partial charge is 0.248 e. The van der Waals surface area contributed by atoms with Gasteiger partial charge in [0.05, 0.1) is 11.5 Å². The number of sulfonamides is 1. The highest BCUT2D eigenvalue weighted by molar-refractivity contribution is 7.89. The van der Waals surface area contributed by atoms with E-state index in [0.717, 1.165) is 5.56 Å². The van der Waals surface area contributed by atoms with Gasteiger partial charge in [-0.05, 0) is 44.4 Å². The Morgan fingerprint density at radius 3 is 2.71 bits per heavy atom. The van der Waals surface area contributed by atoms with Crippen molar-refractivity contribution in [2.75, 3.05) is 19.7 Å². The number of carbonyl (C=O) groups excluding carboxylic acids is 1. The summed E-state index contributed by atoms with van der Waals surface area (Å²) in [7, 11) is -3.59. The topological polar surface area (TPSA) is 84.5 Å². The fourth-order valence-electron chi connectivity index (χ4n) is 1.99. The normalized spacial score (nSPS) is 12.6. The molecule has 134 valence electrons. The molecule has 24 heavy (non-hydrogen) atoms. The summed E-state index contributed by atoms with van der Waals surface area (Å²) < 4.78 is 32.4. The van der Waals surface area contributed by atoms with Gasteiger partial charge in [-0.1, -0.05) is 18.2 Å². The standard InChI is InChI=1S/C17H26N2O4S/c1-5-6-11-23-15(4)17(20)18-9-10-19-24(21,22)16-12-13(2)7-8-14(16)3/h5,7-8,12,15,19H,1,6,9-11H2,2-4H3,(H,18,20). The van der Waals surface area contributed by atoms with Crippen LogP contribution in [0.5, 0.6) is 0 Å². The van der Waals surface area contributed by atoms with Crippen molar-refractivity contribution in [3.63, 3.8) is 0 Å². The number of hydrogen-bond donors (Lipinski definition) is 2. The lowest BCUT2D eigenvalue weighted by Gasteiger charge is -2.14. The zero-order valence-electron chi connectivity index (χ0n) is 14.5. The first-order valence-corrected chi connectivity index (χ1v) is 9.33. The fraction of sp³-hybridized carbons (Fsp3) is 0.471. The predicted octanol–water partition coefficient (Wildman–Crippen LogP) is 1.68. The molecule has 1 aromatic carbocycles. The number of hydrogen-bond acceptors (Lipinski definition) is 4. The van der Waals surface area contributed by atoms with Gasteiger partial charge in [0.25, 0.3) is 0 Å². The first-order valence-electron chi connectivity index (χ1n) is 7.85.